The Kier molecular flexibility index (Phi) is 5.36. The van der Waals surface area contributed by atoms with Gasteiger partial charge in [0.15, 0.2) is 0 Å². The average molecular weight is 465 g/mol. The summed E-state index contributed by atoms with van der Waals surface area (Å²) in [4.78, 5) is 0. The number of hydrogen-bond donors (Lipinski definition) is 0. The van der Waals surface area contributed by atoms with Gasteiger partial charge in [-0.05, 0) is 36.4 Å². The molecule has 0 spiro atoms. The van der Waals surface area contributed by atoms with E-state index < -0.39 is 7.92 Å². The van der Waals surface area contributed by atoms with Crippen molar-refractivity contribution in [2.24, 2.45) is 0 Å². The van der Waals surface area contributed by atoms with E-state index in [-0.39, 0.29) is 0 Å². The summed E-state index contributed by atoms with van der Waals surface area (Å²) in [5.74, 6) is 0. The van der Waals surface area contributed by atoms with Gasteiger partial charge in [0.05, 0.1) is 18.8 Å². The van der Waals surface area contributed by atoms with Crippen LogP contribution in [0.4, 0.5) is 0 Å². The first-order valence-corrected chi connectivity index (χ1v) is 9.00. The van der Waals surface area contributed by atoms with E-state index in [0.29, 0.717) is 0 Å². The van der Waals surface area contributed by atoms with E-state index in [9.17, 15) is 0 Å². The minimum Gasteiger partial charge on any atom is -0.464 e. The second-order valence-corrected chi connectivity index (χ2v) is 5.18. The van der Waals surface area contributed by atoms with Crippen LogP contribution in [-0.2, 0) is 20.0 Å². The summed E-state index contributed by atoms with van der Waals surface area (Å²) < 4.78 is 16.4. The van der Waals surface area contributed by atoms with Crippen LogP contribution in [0.3, 0.4) is 0 Å². The molecule has 3 rings (SSSR count). The number of rotatable bonds is 3. The third kappa shape index (κ3) is 3.00. The molecule has 0 N–H and O–H groups in total. The van der Waals surface area contributed by atoms with Crippen LogP contribution in [0.1, 0.15) is 0 Å². The summed E-state index contributed by atoms with van der Waals surface area (Å²) in [5, 5.41) is 0. The van der Waals surface area contributed by atoms with E-state index in [1.165, 1.54) is 0 Å². The van der Waals surface area contributed by atoms with Crippen molar-refractivity contribution in [2.45, 2.75) is 0 Å². The van der Waals surface area contributed by atoms with Crippen LogP contribution in [0.2, 0.25) is 0 Å². The zero-order chi connectivity index (χ0) is 12.8. The molecule has 0 saturated carbocycles. The molecule has 0 aliphatic rings. The predicted octanol–water partition coefficient (Wildman–Crippen LogP) is 2.91. The first-order valence-electron chi connectivity index (χ1n) is 4.97. The van der Waals surface area contributed by atoms with Crippen LogP contribution in [-0.4, -0.2) is 0 Å². The Balaban J connectivity index is 0.000000574. The molecular weight excluding hydrogens is 456 g/mol. The smallest absolute Gasteiger partial charge is 0.140 e. The summed E-state index contributed by atoms with van der Waals surface area (Å²) in [7, 11) is 3.75. The maximum absolute atomic E-state index is 5.45. The third-order valence-corrected chi connectivity index (χ3v) is 4.27. The fourth-order valence-corrected chi connectivity index (χ4v) is 3.37. The molecule has 6 heteroatoms. The van der Waals surface area contributed by atoms with Crippen molar-refractivity contribution in [3.63, 3.8) is 0 Å². The molecular formula is C12H9AuClO3P. The van der Waals surface area contributed by atoms with Gasteiger partial charge in [0, 0.05) is 0 Å². The molecule has 0 saturated heterocycles. The molecule has 3 aromatic rings. The van der Waals surface area contributed by atoms with Crippen molar-refractivity contribution < 1.29 is 33.2 Å². The van der Waals surface area contributed by atoms with Gasteiger partial charge < -0.3 is 13.3 Å². The molecule has 0 unspecified atom stereocenters. The van der Waals surface area contributed by atoms with E-state index >= 15 is 0 Å². The zero-order valence-corrected chi connectivity index (χ0v) is 12.9. The fraction of sp³-hybridized carbons (Fsp3) is 0. The van der Waals surface area contributed by atoms with Gasteiger partial charge in [-0.1, -0.05) is 0 Å². The van der Waals surface area contributed by atoms with Gasteiger partial charge >= 0.3 is 29.2 Å². The van der Waals surface area contributed by atoms with Crippen LogP contribution in [0.25, 0.3) is 0 Å². The van der Waals surface area contributed by atoms with E-state index in [1.807, 2.05) is 36.4 Å². The summed E-state index contributed by atoms with van der Waals surface area (Å²) in [6, 6.07) is 11.4. The predicted molar refractivity (Wildman–Crippen MR) is 67.8 cm³/mol. The standard InChI is InChI=1S/C12H9O3P.Au.ClH/c1-4-10(13-7-1)16(11-5-2-8-14-11)12-6-3-9-15-12;;/h1-9H;;1H/q;+1;/p-1. The zero-order valence-electron chi connectivity index (χ0n) is 9.05. The van der Waals surface area contributed by atoms with E-state index in [2.05, 4.69) is 9.19 Å². The van der Waals surface area contributed by atoms with Gasteiger partial charge in [-0.3, -0.25) is 0 Å². The summed E-state index contributed by atoms with van der Waals surface area (Å²) >= 11 is 1.75. The molecule has 18 heavy (non-hydrogen) atoms. The molecule has 0 fully saturated rings. The molecule has 0 radical (unpaired) electrons. The van der Waals surface area contributed by atoms with E-state index in [4.69, 9.17) is 13.3 Å². The second-order valence-electron chi connectivity index (χ2n) is 3.19. The Labute approximate surface area is 122 Å². The molecule has 0 bridgehead atoms. The van der Waals surface area contributed by atoms with Gasteiger partial charge in [-0.2, -0.15) is 0 Å². The van der Waals surface area contributed by atoms with Crippen LogP contribution >= 0.6 is 17.1 Å². The summed E-state index contributed by atoms with van der Waals surface area (Å²) in [5.41, 5.74) is 2.62. The van der Waals surface area contributed by atoms with Crippen molar-refractivity contribution in [3.05, 3.63) is 55.2 Å². The molecule has 3 nitrogen and oxygen atoms in total. The van der Waals surface area contributed by atoms with Crippen LogP contribution < -0.4 is 16.5 Å². The number of halogens is 1. The first kappa shape index (κ1) is 13.7. The Hall–Kier alpha value is -0.700. The largest absolute Gasteiger partial charge is 0.464 e. The maximum Gasteiger partial charge on any atom is 0.140 e. The molecule has 3 aromatic heterocycles. The Morgan fingerprint density at radius 3 is 1.28 bits per heavy atom. The normalized spacial score (nSPS) is 10.2. The fourth-order valence-electron chi connectivity index (χ4n) is 1.52. The van der Waals surface area contributed by atoms with Crippen molar-refractivity contribution >= 4 is 33.6 Å². The SMILES string of the molecule is [Cl][Au].c1coc(P(c2ccco2)c2ccco2)c1. The maximum atomic E-state index is 5.45. The average Bonchev–Trinajstić information content (AvgIpc) is 3.17. The molecule has 0 aliphatic carbocycles. The number of furan rings is 3. The van der Waals surface area contributed by atoms with Crippen molar-refractivity contribution in [3.8, 4) is 0 Å². The summed E-state index contributed by atoms with van der Waals surface area (Å²) in [6.45, 7) is 0. The second kappa shape index (κ2) is 7.03. The Bertz CT molecular complexity index is 452. The molecule has 3 heterocycles. The molecule has 0 aromatic carbocycles. The van der Waals surface area contributed by atoms with Crippen molar-refractivity contribution in [2.75, 3.05) is 0 Å². The minimum absolute atomic E-state index is 0.835. The Morgan fingerprint density at radius 2 is 1.06 bits per heavy atom. The van der Waals surface area contributed by atoms with Crippen LogP contribution in [0.15, 0.2) is 68.4 Å². The molecule has 98 valence electrons. The van der Waals surface area contributed by atoms with Crippen molar-refractivity contribution in [1.29, 1.82) is 0 Å². The molecule has 0 atom stereocenters. The summed E-state index contributed by atoms with van der Waals surface area (Å²) in [6.07, 6.45) is 4.99. The first-order chi connectivity index (χ1) is 8.95. The van der Waals surface area contributed by atoms with Gasteiger partial charge in [-0.15, -0.1) is 0 Å². The van der Waals surface area contributed by atoms with Crippen molar-refractivity contribution in [1.82, 2.24) is 0 Å². The van der Waals surface area contributed by atoms with Gasteiger partial charge in [-0.25, -0.2) is 0 Å². The Morgan fingerprint density at radius 1 is 0.722 bits per heavy atom. The van der Waals surface area contributed by atoms with E-state index in [1.54, 1.807) is 38.8 Å². The van der Waals surface area contributed by atoms with Crippen LogP contribution in [0.5, 0.6) is 0 Å². The molecule has 0 amide bonds. The van der Waals surface area contributed by atoms with Gasteiger partial charge in [0.25, 0.3) is 0 Å². The minimum atomic E-state index is -0.835. The topological polar surface area (TPSA) is 39.4 Å². The number of hydrogen-bond acceptors (Lipinski definition) is 3. The quantitative estimate of drug-likeness (QED) is 0.442. The van der Waals surface area contributed by atoms with Crippen LogP contribution in [0, 0.1) is 0 Å². The van der Waals surface area contributed by atoms with Gasteiger partial charge in [0.1, 0.15) is 24.4 Å². The van der Waals surface area contributed by atoms with Gasteiger partial charge in [0.2, 0.25) is 0 Å². The van der Waals surface area contributed by atoms with E-state index in [0.717, 1.165) is 16.5 Å². The third-order valence-electron chi connectivity index (χ3n) is 2.18. The molecule has 0 aliphatic heterocycles. The monoisotopic (exact) mass is 464 g/mol.